The highest BCUT2D eigenvalue weighted by Crippen LogP contribution is 2.26. The Labute approximate surface area is 106 Å². The Morgan fingerprint density at radius 3 is 2.94 bits per heavy atom. The predicted molar refractivity (Wildman–Crippen MR) is 65.2 cm³/mol. The maximum absolute atomic E-state index is 13.1. The average Bonchev–Trinajstić information content (AvgIpc) is 2.78. The molecule has 0 radical (unpaired) electrons. The molecule has 1 heterocycles. The molecule has 18 heavy (non-hydrogen) atoms. The summed E-state index contributed by atoms with van der Waals surface area (Å²) in [6, 6.07) is 4.96. The Morgan fingerprint density at radius 1 is 1.50 bits per heavy atom. The van der Waals surface area contributed by atoms with Crippen LogP contribution in [0.15, 0.2) is 29.2 Å². The van der Waals surface area contributed by atoms with Crippen LogP contribution in [0.25, 0.3) is 0 Å². The molecule has 2 rings (SSSR count). The molecule has 1 aliphatic heterocycles. The molecule has 1 aromatic rings. The van der Waals surface area contributed by atoms with E-state index < -0.39 is 15.8 Å². The first-order chi connectivity index (χ1) is 8.55. The van der Waals surface area contributed by atoms with E-state index in [-0.39, 0.29) is 10.9 Å². The number of sulfonamides is 1. The molecule has 1 unspecified atom stereocenters. The normalized spacial score (nSPS) is 21.3. The standard InChI is InChI=1S/C12H16FNO3S/c1-17-9-11-5-3-7-14(11)18(15,16)12-6-2-4-10(13)8-12/h2,4,6,8,11H,3,5,7,9H2,1H3. The van der Waals surface area contributed by atoms with Gasteiger partial charge in [-0.25, -0.2) is 12.8 Å². The number of hydrogen-bond acceptors (Lipinski definition) is 3. The molecule has 0 aliphatic carbocycles. The van der Waals surface area contributed by atoms with Crippen molar-refractivity contribution in [2.75, 3.05) is 20.3 Å². The van der Waals surface area contributed by atoms with Gasteiger partial charge in [0.1, 0.15) is 5.82 Å². The molecule has 1 aromatic carbocycles. The van der Waals surface area contributed by atoms with Crippen LogP contribution >= 0.6 is 0 Å². The zero-order chi connectivity index (χ0) is 13.2. The Morgan fingerprint density at radius 2 is 2.28 bits per heavy atom. The molecule has 4 nitrogen and oxygen atoms in total. The van der Waals surface area contributed by atoms with E-state index in [1.54, 1.807) is 7.11 Å². The van der Waals surface area contributed by atoms with Gasteiger partial charge in [0, 0.05) is 19.7 Å². The van der Waals surface area contributed by atoms with E-state index in [2.05, 4.69) is 0 Å². The van der Waals surface area contributed by atoms with Gasteiger partial charge >= 0.3 is 0 Å². The van der Waals surface area contributed by atoms with E-state index in [1.165, 1.54) is 22.5 Å². The second-order valence-electron chi connectivity index (χ2n) is 4.32. The van der Waals surface area contributed by atoms with Crippen molar-refractivity contribution in [1.82, 2.24) is 4.31 Å². The second-order valence-corrected chi connectivity index (χ2v) is 6.22. The Balaban J connectivity index is 2.30. The van der Waals surface area contributed by atoms with Crippen LogP contribution in [0.3, 0.4) is 0 Å². The molecule has 0 amide bonds. The van der Waals surface area contributed by atoms with Crippen LogP contribution in [0.4, 0.5) is 4.39 Å². The highest BCUT2D eigenvalue weighted by atomic mass is 32.2. The fourth-order valence-corrected chi connectivity index (χ4v) is 3.96. The van der Waals surface area contributed by atoms with Gasteiger partial charge in [-0.05, 0) is 31.0 Å². The minimum atomic E-state index is -3.62. The lowest BCUT2D eigenvalue weighted by Gasteiger charge is -2.23. The largest absolute Gasteiger partial charge is 0.383 e. The van der Waals surface area contributed by atoms with Crippen molar-refractivity contribution in [3.63, 3.8) is 0 Å². The zero-order valence-electron chi connectivity index (χ0n) is 10.2. The number of hydrogen-bond donors (Lipinski definition) is 0. The minimum absolute atomic E-state index is 0.00510. The molecule has 1 saturated heterocycles. The summed E-state index contributed by atoms with van der Waals surface area (Å²) < 4.78 is 44.3. The molecule has 1 fully saturated rings. The molecule has 0 aromatic heterocycles. The van der Waals surface area contributed by atoms with Crippen LogP contribution in [0.2, 0.25) is 0 Å². The molecule has 0 N–H and O–H groups in total. The summed E-state index contributed by atoms with van der Waals surface area (Å²) >= 11 is 0. The van der Waals surface area contributed by atoms with E-state index in [0.29, 0.717) is 13.2 Å². The SMILES string of the molecule is COCC1CCCN1S(=O)(=O)c1cccc(F)c1. The van der Waals surface area contributed by atoms with Crippen molar-refractivity contribution in [2.24, 2.45) is 0 Å². The lowest BCUT2D eigenvalue weighted by Crippen LogP contribution is -2.38. The lowest BCUT2D eigenvalue weighted by molar-refractivity contribution is 0.149. The van der Waals surface area contributed by atoms with Crippen molar-refractivity contribution < 1.29 is 17.5 Å². The maximum atomic E-state index is 13.1. The van der Waals surface area contributed by atoms with Gasteiger partial charge < -0.3 is 4.74 Å². The highest BCUT2D eigenvalue weighted by molar-refractivity contribution is 7.89. The molecular weight excluding hydrogens is 257 g/mol. The van der Waals surface area contributed by atoms with E-state index >= 15 is 0 Å². The fraction of sp³-hybridized carbons (Fsp3) is 0.500. The van der Waals surface area contributed by atoms with Gasteiger partial charge in [0.25, 0.3) is 0 Å². The van der Waals surface area contributed by atoms with Gasteiger partial charge in [0.15, 0.2) is 0 Å². The van der Waals surface area contributed by atoms with Gasteiger partial charge in [-0.3, -0.25) is 0 Å². The summed E-state index contributed by atoms with van der Waals surface area (Å²) in [6.45, 7) is 0.835. The molecule has 1 aliphatic rings. The smallest absolute Gasteiger partial charge is 0.243 e. The monoisotopic (exact) mass is 273 g/mol. The maximum Gasteiger partial charge on any atom is 0.243 e. The first kappa shape index (κ1) is 13.5. The first-order valence-electron chi connectivity index (χ1n) is 5.82. The Bertz CT molecular complexity index is 518. The van der Waals surface area contributed by atoms with Gasteiger partial charge in [-0.1, -0.05) is 6.07 Å². The van der Waals surface area contributed by atoms with Gasteiger partial charge in [-0.15, -0.1) is 0 Å². The van der Waals surface area contributed by atoms with Gasteiger partial charge in [0.05, 0.1) is 11.5 Å². The Kier molecular flexibility index (Phi) is 3.99. The van der Waals surface area contributed by atoms with Crippen molar-refractivity contribution >= 4 is 10.0 Å². The number of rotatable bonds is 4. The molecule has 0 spiro atoms. The predicted octanol–water partition coefficient (Wildman–Crippen LogP) is 1.63. The lowest BCUT2D eigenvalue weighted by atomic mass is 10.2. The molecule has 1 atom stereocenters. The number of benzene rings is 1. The van der Waals surface area contributed by atoms with Crippen molar-refractivity contribution in [3.05, 3.63) is 30.1 Å². The molecule has 0 saturated carbocycles. The third-order valence-corrected chi connectivity index (χ3v) is 5.03. The van der Waals surface area contributed by atoms with Crippen molar-refractivity contribution in [1.29, 1.82) is 0 Å². The zero-order valence-corrected chi connectivity index (χ0v) is 11.0. The quantitative estimate of drug-likeness (QED) is 0.837. The van der Waals surface area contributed by atoms with E-state index in [9.17, 15) is 12.8 Å². The van der Waals surface area contributed by atoms with E-state index in [4.69, 9.17) is 4.74 Å². The minimum Gasteiger partial charge on any atom is -0.383 e. The average molecular weight is 273 g/mol. The molecule has 100 valence electrons. The van der Waals surface area contributed by atoms with Crippen LogP contribution in [-0.2, 0) is 14.8 Å². The van der Waals surface area contributed by atoms with Crippen LogP contribution in [0, 0.1) is 5.82 Å². The van der Waals surface area contributed by atoms with Gasteiger partial charge in [-0.2, -0.15) is 4.31 Å². The van der Waals surface area contributed by atoms with Crippen LogP contribution < -0.4 is 0 Å². The van der Waals surface area contributed by atoms with Crippen LogP contribution in [0.1, 0.15) is 12.8 Å². The second kappa shape index (κ2) is 5.34. The van der Waals surface area contributed by atoms with E-state index in [1.807, 2.05) is 0 Å². The van der Waals surface area contributed by atoms with Crippen LogP contribution in [-0.4, -0.2) is 39.0 Å². The van der Waals surface area contributed by atoms with Gasteiger partial charge in [0.2, 0.25) is 10.0 Å². The fourth-order valence-electron chi connectivity index (χ4n) is 2.25. The first-order valence-corrected chi connectivity index (χ1v) is 7.26. The molecule has 0 bridgehead atoms. The van der Waals surface area contributed by atoms with Crippen molar-refractivity contribution in [3.8, 4) is 0 Å². The van der Waals surface area contributed by atoms with Crippen LogP contribution in [0.5, 0.6) is 0 Å². The third-order valence-electron chi connectivity index (χ3n) is 3.08. The highest BCUT2D eigenvalue weighted by Gasteiger charge is 2.35. The summed E-state index contributed by atoms with van der Waals surface area (Å²) in [5.41, 5.74) is 0. The summed E-state index contributed by atoms with van der Waals surface area (Å²) in [4.78, 5) is 0.00510. The summed E-state index contributed by atoms with van der Waals surface area (Å²) in [5, 5.41) is 0. The summed E-state index contributed by atoms with van der Waals surface area (Å²) in [5.74, 6) is -0.543. The number of methoxy groups -OCH3 is 1. The van der Waals surface area contributed by atoms with Crippen molar-refractivity contribution in [2.45, 2.75) is 23.8 Å². The summed E-state index contributed by atoms with van der Waals surface area (Å²) in [7, 11) is -2.07. The topological polar surface area (TPSA) is 46.6 Å². The third kappa shape index (κ3) is 2.55. The number of nitrogens with zero attached hydrogens (tertiary/aromatic N) is 1. The molecular formula is C12H16FNO3S. The number of ether oxygens (including phenoxy) is 1. The molecule has 6 heteroatoms. The number of halogens is 1. The Hall–Kier alpha value is -0.980. The van der Waals surface area contributed by atoms with E-state index in [0.717, 1.165) is 18.9 Å². The summed E-state index contributed by atoms with van der Waals surface area (Å²) in [6.07, 6.45) is 1.59.